The highest BCUT2D eigenvalue weighted by molar-refractivity contribution is 7.19. The van der Waals surface area contributed by atoms with Crippen molar-refractivity contribution in [3.63, 3.8) is 0 Å². The molecular weight excluding hydrogens is 296 g/mol. The van der Waals surface area contributed by atoms with E-state index >= 15 is 0 Å². The second kappa shape index (κ2) is 7.96. The number of carbonyl (C=O) groups excluding carboxylic acids is 2. The molecule has 0 spiro atoms. The van der Waals surface area contributed by atoms with Crippen LogP contribution in [0.15, 0.2) is 0 Å². The Morgan fingerprint density at radius 3 is 2.48 bits per heavy atom. The maximum absolute atomic E-state index is 11.8. The fourth-order valence-corrected chi connectivity index (χ4v) is 2.75. The molecule has 0 fully saturated rings. The van der Waals surface area contributed by atoms with Gasteiger partial charge in [-0.2, -0.15) is 0 Å². The highest BCUT2D eigenvalue weighted by Crippen LogP contribution is 2.36. The lowest BCUT2D eigenvalue weighted by Crippen LogP contribution is -2.26. The number of thiophene rings is 1. The Morgan fingerprint density at radius 2 is 2.00 bits per heavy atom. The summed E-state index contributed by atoms with van der Waals surface area (Å²) in [4.78, 5) is 23.7. The number of nitrogens with two attached hydrogens (primary N) is 1. The Labute approximate surface area is 127 Å². The van der Waals surface area contributed by atoms with Gasteiger partial charge in [0.05, 0.1) is 30.4 Å². The van der Waals surface area contributed by atoms with Crippen LogP contribution >= 0.6 is 11.3 Å². The maximum atomic E-state index is 11.8. The van der Waals surface area contributed by atoms with Crippen LogP contribution in [0.25, 0.3) is 0 Å². The fraction of sp³-hybridized carbons (Fsp3) is 0.538. The number of esters is 1. The van der Waals surface area contributed by atoms with Gasteiger partial charge in [-0.3, -0.25) is 4.79 Å². The van der Waals surface area contributed by atoms with Crippen molar-refractivity contribution in [2.75, 3.05) is 45.5 Å². The Bertz CT molecular complexity index is 515. The molecule has 0 aliphatic carbocycles. The molecule has 7 nitrogen and oxygen atoms in total. The molecular formula is C13H20N2O5S. The molecule has 1 heterocycles. The van der Waals surface area contributed by atoms with Crippen molar-refractivity contribution >= 4 is 33.8 Å². The molecule has 0 aromatic carbocycles. The third-order valence-electron chi connectivity index (χ3n) is 2.83. The van der Waals surface area contributed by atoms with Gasteiger partial charge in [0.2, 0.25) is 0 Å². The quantitative estimate of drug-likeness (QED) is 0.552. The van der Waals surface area contributed by atoms with Gasteiger partial charge in [0, 0.05) is 27.7 Å². The van der Waals surface area contributed by atoms with Crippen LogP contribution < -0.4 is 11.1 Å². The molecule has 1 unspecified atom stereocenters. The number of nitrogen functional groups attached to an aromatic ring is 1. The summed E-state index contributed by atoms with van der Waals surface area (Å²) in [7, 11) is 4.40. The molecule has 1 aromatic rings. The summed E-state index contributed by atoms with van der Waals surface area (Å²) in [6.45, 7) is 2.21. The van der Waals surface area contributed by atoms with Gasteiger partial charge in [-0.1, -0.05) is 0 Å². The topological polar surface area (TPSA) is 99.9 Å². The number of hydrogen-bond acceptors (Lipinski definition) is 8. The number of rotatable bonds is 8. The van der Waals surface area contributed by atoms with Crippen molar-refractivity contribution in [3.05, 3.63) is 10.4 Å². The third-order valence-corrected chi connectivity index (χ3v) is 4.09. The molecule has 0 radical (unpaired) electrons. The van der Waals surface area contributed by atoms with Gasteiger partial charge in [0.15, 0.2) is 5.78 Å². The first-order valence-corrected chi connectivity index (χ1v) is 7.04. The van der Waals surface area contributed by atoms with E-state index in [1.165, 1.54) is 14.0 Å². The molecule has 0 bridgehead atoms. The molecule has 8 heteroatoms. The summed E-state index contributed by atoms with van der Waals surface area (Å²) in [5.41, 5.74) is 6.19. The zero-order chi connectivity index (χ0) is 16.0. The Morgan fingerprint density at radius 1 is 1.33 bits per heavy atom. The second-order valence-corrected chi connectivity index (χ2v) is 5.31. The summed E-state index contributed by atoms with van der Waals surface area (Å²) >= 11 is 1.13. The average Bonchev–Trinajstić information content (AvgIpc) is 2.79. The molecule has 0 amide bonds. The molecule has 0 aliphatic rings. The van der Waals surface area contributed by atoms with Crippen molar-refractivity contribution in [2.45, 2.75) is 13.0 Å². The SMILES string of the molecule is COCC(CNc1sc(C(C)=O)c(N)c1C(=O)OC)OC. The minimum Gasteiger partial charge on any atom is -0.465 e. The van der Waals surface area contributed by atoms with Crippen LogP contribution in [-0.2, 0) is 14.2 Å². The molecule has 118 valence electrons. The van der Waals surface area contributed by atoms with Gasteiger partial charge in [-0.15, -0.1) is 11.3 Å². The lowest BCUT2D eigenvalue weighted by Gasteiger charge is -2.15. The number of ether oxygens (including phenoxy) is 3. The molecule has 1 aromatic heterocycles. The first-order valence-electron chi connectivity index (χ1n) is 6.23. The number of ketones is 1. The molecule has 3 N–H and O–H groups in total. The summed E-state index contributed by atoms with van der Waals surface area (Å²) in [6.07, 6.45) is -0.190. The van der Waals surface area contributed by atoms with Gasteiger partial charge < -0.3 is 25.3 Å². The third kappa shape index (κ3) is 4.16. The van der Waals surface area contributed by atoms with E-state index in [4.69, 9.17) is 19.9 Å². The smallest absolute Gasteiger partial charge is 0.343 e. The summed E-state index contributed by atoms with van der Waals surface area (Å²) in [5, 5.41) is 3.55. The Balaban J connectivity index is 3.02. The van der Waals surface area contributed by atoms with E-state index in [1.54, 1.807) is 14.2 Å². The van der Waals surface area contributed by atoms with Crippen molar-refractivity contribution in [3.8, 4) is 0 Å². The normalized spacial score (nSPS) is 12.0. The van der Waals surface area contributed by atoms with Crippen molar-refractivity contribution < 1.29 is 23.8 Å². The number of anilines is 2. The van der Waals surface area contributed by atoms with Crippen molar-refractivity contribution in [2.24, 2.45) is 0 Å². The van der Waals surface area contributed by atoms with Crippen LogP contribution in [0, 0.1) is 0 Å². The van der Waals surface area contributed by atoms with E-state index in [-0.39, 0.29) is 23.1 Å². The maximum Gasteiger partial charge on any atom is 0.343 e. The molecule has 0 saturated carbocycles. The van der Waals surface area contributed by atoms with Crippen molar-refractivity contribution in [1.29, 1.82) is 0 Å². The summed E-state index contributed by atoms with van der Waals surface area (Å²) in [6, 6.07) is 0. The van der Waals surface area contributed by atoms with Gasteiger partial charge in [-0.05, 0) is 0 Å². The first kappa shape index (κ1) is 17.4. The first-order chi connectivity index (χ1) is 9.96. The Hall–Kier alpha value is -1.64. The minimum absolute atomic E-state index is 0.141. The minimum atomic E-state index is -0.584. The van der Waals surface area contributed by atoms with Crippen LogP contribution in [-0.4, -0.2) is 52.3 Å². The monoisotopic (exact) mass is 316 g/mol. The standard InChI is InChI=1S/C13H20N2O5S/c1-7(16)11-10(14)9(13(17)20-4)12(21-11)15-5-8(19-3)6-18-2/h8,15H,5-6,14H2,1-4H3. The van der Waals surface area contributed by atoms with Crippen LogP contribution in [0.3, 0.4) is 0 Å². The number of hydrogen-bond donors (Lipinski definition) is 2. The van der Waals surface area contributed by atoms with E-state index in [0.717, 1.165) is 11.3 Å². The average molecular weight is 316 g/mol. The van der Waals surface area contributed by atoms with Crippen LogP contribution in [0.4, 0.5) is 10.7 Å². The van der Waals surface area contributed by atoms with Gasteiger partial charge in [0.1, 0.15) is 10.6 Å². The number of Topliss-reactive ketones (excluding diaryl/α,β-unsaturated/α-hetero) is 1. The van der Waals surface area contributed by atoms with Crippen LogP contribution in [0.2, 0.25) is 0 Å². The number of nitrogens with one attached hydrogen (secondary N) is 1. The summed E-state index contributed by atoms with van der Waals surface area (Å²) in [5.74, 6) is -0.782. The van der Waals surface area contributed by atoms with Gasteiger partial charge in [-0.25, -0.2) is 4.79 Å². The largest absolute Gasteiger partial charge is 0.465 e. The molecule has 1 atom stereocenters. The Kier molecular flexibility index (Phi) is 6.60. The predicted octanol–water partition coefficient (Wildman–Crippen LogP) is 1.39. The summed E-state index contributed by atoms with van der Waals surface area (Å²) < 4.78 is 15.0. The zero-order valence-corrected chi connectivity index (χ0v) is 13.3. The second-order valence-electron chi connectivity index (χ2n) is 4.29. The van der Waals surface area contributed by atoms with E-state index in [1.807, 2.05) is 0 Å². The van der Waals surface area contributed by atoms with Gasteiger partial charge >= 0.3 is 5.97 Å². The molecule has 21 heavy (non-hydrogen) atoms. The highest BCUT2D eigenvalue weighted by atomic mass is 32.1. The molecule has 0 aliphatic heterocycles. The van der Waals surface area contributed by atoms with E-state index < -0.39 is 5.97 Å². The van der Waals surface area contributed by atoms with E-state index in [0.29, 0.717) is 23.0 Å². The fourth-order valence-electron chi connectivity index (χ4n) is 1.74. The van der Waals surface area contributed by atoms with Crippen molar-refractivity contribution in [1.82, 2.24) is 0 Å². The van der Waals surface area contributed by atoms with E-state index in [9.17, 15) is 9.59 Å². The zero-order valence-electron chi connectivity index (χ0n) is 12.5. The molecule has 1 rings (SSSR count). The predicted molar refractivity (Wildman–Crippen MR) is 81.2 cm³/mol. The van der Waals surface area contributed by atoms with Crippen LogP contribution in [0.1, 0.15) is 27.0 Å². The number of methoxy groups -OCH3 is 3. The lowest BCUT2D eigenvalue weighted by atomic mass is 10.2. The van der Waals surface area contributed by atoms with Gasteiger partial charge in [0.25, 0.3) is 0 Å². The van der Waals surface area contributed by atoms with Crippen LogP contribution in [0.5, 0.6) is 0 Å². The van der Waals surface area contributed by atoms with E-state index in [2.05, 4.69) is 5.32 Å². The number of carbonyl (C=O) groups is 2. The highest BCUT2D eigenvalue weighted by Gasteiger charge is 2.25. The lowest BCUT2D eigenvalue weighted by molar-refractivity contribution is 0.0365. The molecule has 0 saturated heterocycles.